The minimum Gasteiger partial charge on any atom is -0.381 e. The molecule has 0 rings (SSSR count). The second-order valence-electron chi connectivity index (χ2n) is 4.76. The van der Waals surface area contributed by atoms with Crippen LogP contribution in [0.25, 0.3) is 0 Å². The van der Waals surface area contributed by atoms with Gasteiger partial charge in [-0.05, 0) is 30.8 Å². The van der Waals surface area contributed by atoms with Gasteiger partial charge in [0.2, 0.25) is 0 Å². The number of methoxy groups -OCH3 is 1. The van der Waals surface area contributed by atoms with Gasteiger partial charge in [0.15, 0.2) is 0 Å². The number of hydrogen-bond acceptors (Lipinski definition) is 2. The first-order valence-electron chi connectivity index (χ1n) is 5.12. The first-order chi connectivity index (χ1) is 6.49. The Balaban J connectivity index is 3.79. The first kappa shape index (κ1) is 13.4. The highest BCUT2D eigenvalue weighted by molar-refractivity contribution is 5.64. The molecule has 1 atom stereocenters. The smallest absolute Gasteiger partial charge is 0.142 e. The van der Waals surface area contributed by atoms with Gasteiger partial charge in [0.1, 0.15) is 6.29 Å². The van der Waals surface area contributed by atoms with E-state index in [1.54, 1.807) is 7.11 Å². The fraction of sp³-hybridized carbons (Fsp3) is 0.750. The molecule has 0 aromatic heterocycles. The van der Waals surface area contributed by atoms with Crippen molar-refractivity contribution in [1.29, 1.82) is 0 Å². The molecule has 0 saturated carbocycles. The lowest BCUT2D eigenvalue weighted by Crippen LogP contribution is -2.14. The van der Waals surface area contributed by atoms with Gasteiger partial charge in [0.25, 0.3) is 0 Å². The van der Waals surface area contributed by atoms with Crippen LogP contribution in [-0.2, 0) is 9.53 Å². The van der Waals surface area contributed by atoms with Crippen LogP contribution >= 0.6 is 0 Å². The van der Waals surface area contributed by atoms with Gasteiger partial charge >= 0.3 is 0 Å². The quantitative estimate of drug-likeness (QED) is 0.484. The van der Waals surface area contributed by atoms with Gasteiger partial charge in [0.05, 0.1) is 6.10 Å². The Morgan fingerprint density at radius 3 is 2.43 bits per heavy atom. The number of carbonyl (C=O) groups excluding carboxylic acids is 1. The summed E-state index contributed by atoms with van der Waals surface area (Å²) in [5.41, 5.74) is 0.352. The average Bonchev–Trinajstić information content (AvgIpc) is 2.09. The van der Waals surface area contributed by atoms with E-state index in [-0.39, 0.29) is 6.10 Å². The molecule has 82 valence electrons. The minimum absolute atomic E-state index is 0.241. The van der Waals surface area contributed by atoms with Crippen molar-refractivity contribution < 1.29 is 9.53 Å². The Hall–Kier alpha value is -0.630. The van der Waals surface area contributed by atoms with Crippen LogP contribution in [0.2, 0.25) is 0 Å². The normalized spacial score (nSPS) is 14.6. The number of aldehydes is 1. The lowest BCUT2D eigenvalue weighted by atomic mass is 9.89. The average molecular weight is 198 g/mol. The second-order valence-corrected chi connectivity index (χ2v) is 4.76. The highest BCUT2D eigenvalue weighted by Gasteiger charge is 2.13. The van der Waals surface area contributed by atoms with Crippen LogP contribution in [0, 0.1) is 5.41 Å². The van der Waals surface area contributed by atoms with E-state index in [1.807, 2.05) is 6.08 Å². The summed E-state index contributed by atoms with van der Waals surface area (Å²) in [6, 6.07) is 0. The standard InChI is InChI=1S/C12H22O2/c1-12(2,3)9-8-11(14-4)7-5-6-10-13/h5-6,10-11H,7-9H2,1-4H3. The van der Waals surface area contributed by atoms with Gasteiger partial charge in [-0.2, -0.15) is 0 Å². The fourth-order valence-corrected chi connectivity index (χ4v) is 1.21. The number of ether oxygens (including phenoxy) is 1. The van der Waals surface area contributed by atoms with Crippen LogP contribution in [0.3, 0.4) is 0 Å². The molecule has 0 heterocycles. The van der Waals surface area contributed by atoms with Gasteiger partial charge < -0.3 is 4.74 Å². The maximum atomic E-state index is 10.1. The molecule has 0 aliphatic rings. The summed E-state index contributed by atoms with van der Waals surface area (Å²) >= 11 is 0. The molecule has 14 heavy (non-hydrogen) atoms. The number of allylic oxidation sites excluding steroid dienone is 1. The molecule has 0 amide bonds. The van der Waals surface area contributed by atoms with E-state index in [2.05, 4.69) is 20.8 Å². The minimum atomic E-state index is 0.241. The summed E-state index contributed by atoms with van der Waals surface area (Å²) in [5, 5.41) is 0. The molecule has 2 nitrogen and oxygen atoms in total. The summed E-state index contributed by atoms with van der Waals surface area (Å²) in [6.45, 7) is 6.67. The topological polar surface area (TPSA) is 26.3 Å². The molecule has 1 unspecified atom stereocenters. The Labute approximate surface area is 87.3 Å². The van der Waals surface area contributed by atoms with E-state index < -0.39 is 0 Å². The molecule has 0 fully saturated rings. The van der Waals surface area contributed by atoms with Crippen molar-refractivity contribution in [2.75, 3.05) is 7.11 Å². The molecular formula is C12H22O2. The molecule has 0 aliphatic heterocycles. The van der Waals surface area contributed by atoms with Gasteiger partial charge in [0, 0.05) is 7.11 Å². The molecule has 0 saturated heterocycles. The largest absolute Gasteiger partial charge is 0.381 e. The Morgan fingerprint density at radius 1 is 1.36 bits per heavy atom. The number of carbonyl (C=O) groups is 1. The predicted molar refractivity (Wildman–Crippen MR) is 59.3 cm³/mol. The van der Waals surface area contributed by atoms with Gasteiger partial charge in [-0.15, -0.1) is 0 Å². The van der Waals surface area contributed by atoms with E-state index in [0.29, 0.717) is 5.41 Å². The molecular weight excluding hydrogens is 176 g/mol. The third-order valence-corrected chi connectivity index (χ3v) is 2.16. The van der Waals surface area contributed by atoms with Crippen LogP contribution < -0.4 is 0 Å². The monoisotopic (exact) mass is 198 g/mol. The van der Waals surface area contributed by atoms with Crippen molar-refractivity contribution in [3.05, 3.63) is 12.2 Å². The number of rotatable bonds is 6. The van der Waals surface area contributed by atoms with Crippen molar-refractivity contribution in [2.45, 2.75) is 46.1 Å². The van der Waals surface area contributed by atoms with E-state index in [0.717, 1.165) is 25.5 Å². The first-order valence-corrected chi connectivity index (χ1v) is 5.12. The van der Waals surface area contributed by atoms with Gasteiger partial charge in [-0.3, -0.25) is 4.79 Å². The fourth-order valence-electron chi connectivity index (χ4n) is 1.21. The third-order valence-electron chi connectivity index (χ3n) is 2.16. The highest BCUT2D eigenvalue weighted by atomic mass is 16.5. The van der Waals surface area contributed by atoms with Crippen molar-refractivity contribution in [1.82, 2.24) is 0 Å². The molecule has 0 spiro atoms. The molecule has 0 aromatic carbocycles. The van der Waals surface area contributed by atoms with Crippen molar-refractivity contribution in [3.63, 3.8) is 0 Å². The summed E-state index contributed by atoms with van der Waals surface area (Å²) in [5.74, 6) is 0. The molecule has 0 bridgehead atoms. The summed E-state index contributed by atoms with van der Waals surface area (Å²) in [7, 11) is 1.72. The lowest BCUT2D eigenvalue weighted by Gasteiger charge is -2.21. The zero-order chi connectivity index (χ0) is 11.0. The lowest BCUT2D eigenvalue weighted by molar-refractivity contribution is -0.104. The van der Waals surface area contributed by atoms with E-state index in [4.69, 9.17) is 4.74 Å². The predicted octanol–water partition coefficient (Wildman–Crippen LogP) is 2.97. The van der Waals surface area contributed by atoms with Crippen LogP contribution in [-0.4, -0.2) is 19.5 Å². The maximum absolute atomic E-state index is 10.1. The van der Waals surface area contributed by atoms with Crippen LogP contribution in [0.4, 0.5) is 0 Å². The van der Waals surface area contributed by atoms with Gasteiger partial charge in [-0.25, -0.2) is 0 Å². The number of hydrogen-bond donors (Lipinski definition) is 0. The molecule has 0 N–H and O–H groups in total. The zero-order valence-corrected chi connectivity index (χ0v) is 9.75. The Bertz CT molecular complexity index is 177. The summed E-state index contributed by atoms with van der Waals surface area (Å²) < 4.78 is 5.33. The van der Waals surface area contributed by atoms with E-state index in [9.17, 15) is 4.79 Å². The summed E-state index contributed by atoms with van der Waals surface area (Å²) in [6.07, 6.45) is 7.45. The molecule has 0 aliphatic carbocycles. The van der Waals surface area contributed by atoms with Gasteiger partial charge in [-0.1, -0.05) is 26.8 Å². The highest BCUT2D eigenvalue weighted by Crippen LogP contribution is 2.23. The SMILES string of the molecule is COC(CC=CC=O)CCC(C)(C)C. The Morgan fingerprint density at radius 2 is 2.00 bits per heavy atom. The van der Waals surface area contributed by atoms with Crippen LogP contribution in [0.15, 0.2) is 12.2 Å². The van der Waals surface area contributed by atoms with Crippen molar-refractivity contribution in [2.24, 2.45) is 5.41 Å². The molecule has 0 aromatic rings. The summed E-state index contributed by atoms with van der Waals surface area (Å²) in [4.78, 5) is 10.1. The Kier molecular flexibility index (Phi) is 6.46. The van der Waals surface area contributed by atoms with Crippen LogP contribution in [0.5, 0.6) is 0 Å². The second kappa shape index (κ2) is 6.77. The van der Waals surface area contributed by atoms with Crippen molar-refractivity contribution >= 4 is 6.29 Å². The molecule has 2 heteroatoms. The zero-order valence-electron chi connectivity index (χ0n) is 9.75. The van der Waals surface area contributed by atoms with E-state index >= 15 is 0 Å². The third kappa shape index (κ3) is 7.99. The molecule has 0 radical (unpaired) electrons. The van der Waals surface area contributed by atoms with Crippen molar-refractivity contribution in [3.8, 4) is 0 Å². The maximum Gasteiger partial charge on any atom is 0.142 e. The van der Waals surface area contributed by atoms with Crippen LogP contribution in [0.1, 0.15) is 40.0 Å². The van der Waals surface area contributed by atoms with E-state index in [1.165, 1.54) is 6.08 Å².